The molecule has 0 unspecified atom stereocenters. The van der Waals surface area contributed by atoms with E-state index in [0.29, 0.717) is 32.1 Å². The van der Waals surface area contributed by atoms with Crippen molar-refractivity contribution in [3.8, 4) is 11.5 Å². The van der Waals surface area contributed by atoms with Crippen molar-refractivity contribution in [1.29, 1.82) is 0 Å². The van der Waals surface area contributed by atoms with Gasteiger partial charge in [-0.25, -0.2) is 4.79 Å². The average molecular weight is 484 g/mol. The molecule has 0 spiro atoms. The molecule has 35 heavy (non-hydrogen) atoms. The normalized spacial score (nSPS) is 10.7. The van der Waals surface area contributed by atoms with Gasteiger partial charge >= 0.3 is 5.97 Å². The predicted molar refractivity (Wildman–Crippen MR) is 140 cm³/mol. The van der Waals surface area contributed by atoms with Crippen molar-refractivity contribution in [3.05, 3.63) is 59.2 Å². The number of hydrogen-bond donors (Lipinski definition) is 1. The van der Waals surface area contributed by atoms with E-state index in [9.17, 15) is 14.7 Å². The molecule has 0 heterocycles. The first-order valence-corrected chi connectivity index (χ1v) is 13.0. The zero-order valence-corrected chi connectivity index (χ0v) is 21.6. The lowest BCUT2D eigenvalue weighted by atomic mass is 10.0. The average Bonchev–Trinajstić information content (AvgIpc) is 2.87. The molecule has 6 heteroatoms. The van der Waals surface area contributed by atoms with Crippen molar-refractivity contribution in [2.75, 3.05) is 26.3 Å². The van der Waals surface area contributed by atoms with Gasteiger partial charge in [0.1, 0.15) is 5.56 Å². The van der Waals surface area contributed by atoms with E-state index < -0.39 is 5.97 Å². The molecule has 192 valence electrons. The van der Waals surface area contributed by atoms with Gasteiger partial charge in [-0.15, -0.1) is 0 Å². The Morgan fingerprint density at radius 3 is 2.09 bits per heavy atom. The van der Waals surface area contributed by atoms with Crippen LogP contribution in [-0.4, -0.2) is 48.2 Å². The van der Waals surface area contributed by atoms with Crippen LogP contribution in [0.25, 0.3) is 0 Å². The van der Waals surface area contributed by atoms with Gasteiger partial charge in [0.05, 0.1) is 18.8 Å². The van der Waals surface area contributed by atoms with E-state index in [-0.39, 0.29) is 22.8 Å². The van der Waals surface area contributed by atoms with Crippen molar-refractivity contribution in [1.82, 2.24) is 4.90 Å². The van der Waals surface area contributed by atoms with Gasteiger partial charge in [-0.1, -0.05) is 56.5 Å². The summed E-state index contributed by atoms with van der Waals surface area (Å²) in [5.41, 5.74) is 1.35. The molecule has 2 aromatic rings. The van der Waals surface area contributed by atoms with Gasteiger partial charge in [-0.05, 0) is 63.6 Å². The van der Waals surface area contributed by atoms with Crippen molar-refractivity contribution < 1.29 is 24.2 Å². The highest BCUT2D eigenvalue weighted by atomic mass is 16.5. The second kappa shape index (κ2) is 15.8. The Balaban J connectivity index is 2.12. The quantitative estimate of drug-likeness (QED) is 0.256. The summed E-state index contributed by atoms with van der Waals surface area (Å²) in [6.45, 7) is 7.74. The smallest absolute Gasteiger partial charge is 0.340 e. The fourth-order valence-corrected chi connectivity index (χ4v) is 4.03. The van der Waals surface area contributed by atoms with Crippen molar-refractivity contribution in [3.63, 3.8) is 0 Å². The molecule has 0 aromatic heterocycles. The topological polar surface area (TPSA) is 76.1 Å². The highest BCUT2D eigenvalue weighted by Gasteiger charge is 2.27. The van der Waals surface area contributed by atoms with Gasteiger partial charge in [0.2, 0.25) is 0 Å². The number of ether oxygens (including phenoxy) is 2. The first-order valence-electron chi connectivity index (χ1n) is 13.0. The number of carboxylic acids is 1. The molecule has 2 aromatic carbocycles. The maximum Gasteiger partial charge on any atom is 0.340 e. The van der Waals surface area contributed by atoms with Gasteiger partial charge in [0, 0.05) is 13.1 Å². The summed E-state index contributed by atoms with van der Waals surface area (Å²) in [5, 5.41) is 10.0. The minimum absolute atomic E-state index is 0.112. The number of aryl methyl sites for hydroxylation is 1. The number of unbranched alkanes of at least 4 members (excludes halogenated alkanes) is 5. The van der Waals surface area contributed by atoms with Crippen LogP contribution in [-0.2, 0) is 6.42 Å². The number of aromatic carboxylic acids is 1. The predicted octanol–water partition coefficient (Wildman–Crippen LogP) is 6.62. The van der Waals surface area contributed by atoms with E-state index in [1.165, 1.54) is 5.56 Å². The highest BCUT2D eigenvalue weighted by Crippen LogP contribution is 2.35. The van der Waals surface area contributed by atoms with E-state index in [2.05, 4.69) is 31.2 Å². The second-order valence-electron chi connectivity index (χ2n) is 8.65. The number of nitrogens with zero attached hydrogens (tertiary/aromatic N) is 1. The van der Waals surface area contributed by atoms with Gasteiger partial charge in [-0.2, -0.15) is 0 Å². The maximum absolute atomic E-state index is 13.0. The molecule has 0 bridgehead atoms. The molecule has 0 aliphatic rings. The molecule has 1 N–H and O–H groups in total. The molecule has 6 nitrogen and oxygen atoms in total. The summed E-state index contributed by atoms with van der Waals surface area (Å²) in [4.78, 5) is 26.9. The lowest BCUT2D eigenvalue weighted by Gasteiger charge is -2.22. The van der Waals surface area contributed by atoms with Gasteiger partial charge in [0.25, 0.3) is 5.91 Å². The number of carbonyl (C=O) groups excluding carboxylic acids is 1. The molecular weight excluding hydrogens is 442 g/mol. The molecule has 0 aliphatic carbocycles. The summed E-state index contributed by atoms with van der Waals surface area (Å²) in [6.07, 6.45) is 7.98. The third kappa shape index (κ3) is 8.93. The standard InChI is InChI=1S/C29H41NO5/c1-4-7-8-14-22-35-27-25(34-21-15-10-13-18-23-16-11-9-12-17-23)20-19-24(26(27)29(32)33)28(31)30(5-2)6-3/h9,11-12,16-17,19-20H,4-8,10,13-15,18,21-22H2,1-3H3,(H,32,33). The summed E-state index contributed by atoms with van der Waals surface area (Å²) >= 11 is 0. The molecular formula is C29H41NO5. The molecule has 0 radical (unpaired) electrons. The van der Waals surface area contributed by atoms with Crippen LogP contribution in [0.3, 0.4) is 0 Å². The van der Waals surface area contributed by atoms with E-state index in [1.54, 1.807) is 17.0 Å². The molecule has 1 amide bonds. The molecule has 0 aliphatic heterocycles. The first-order chi connectivity index (χ1) is 17.0. The van der Waals surface area contributed by atoms with E-state index in [4.69, 9.17) is 9.47 Å². The van der Waals surface area contributed by atoms with Crippen LogP contribution in [0.1, 0.15) is 92.0 Å². The Hall–Kier alpha value is -3.02. The Kier molecular flexibility index (Phi) is 12.7. The monoisotopic (exact) mass is 483 g/mol. The van der Waals surface area contributed by atoms with Crippen molar-refractivity contribution >= 4 is 11.9 Å². The Morgan fingerprint density at radius 1 is 0.800 bits per heavy atom. The van der Waals surface area contributed by atoms with Crippen molar-refractivity contribution in [2.45, 2.75) is 72.1 Å². The van der Waals surface area contributed by atoms with Crippen LogP contribution < -0.4 is 9.47 Å². The SMILES string of the molecule is CCCCCCOc1c(OCCCCCc2ccccc2)ccc(C(=O)N(CC)CC)c1C(=O)O. The molecule has 0 atom stereocenters. The Labute approximate surface area is 210 Å². The van der Waals surface area contributed by atoms with Crippen LogP contribution in [0.15, 0.2) is 42.5 Å². The Morgan fingerprint density at radius 2 is 1.46 bits per heavy atom. The fraction of sp³-hybridized carbons (Fsp3) is 0.517. The summed E-state index contributed by atoms with van der Waals surface area (Å²) in [5.74, 6) is -0.943. The summed E-state index contributed by atoms with van der Waals surface area (Å²) < 4.78 is 12.0. The van der Waals surface area contributed by atoms with E-state index >= 15 is 0 Å². The number of carboxylic acid groups (broad SMARTS) is 1. The van der Waals surface area contributed by atoms with Crippen LogP contribution in [0, 0.1) is 0 Å². The van der Waals surface area contributed by atoms with Gasteiger partial charge in [-0.3, -0.25) is 4.79 Å². The van der Waals surface area contributed by atoms with Crippen LogP contribution in [0.2, 0.25) is 0 Å². The highest BCUT2D eigenvalue weighted by molar-refractivity contribution is 6.07. The Bertz CT molecular complexity index is 909. The minimum Gasteiger partial charge on any atom is -0.490 e. The third-order valence-electron chi connectivity index (χ3n) is 6.07. The number of hydrogen-bond acceptors (Lipinski definition) is 4. The zero-order chi connectivity index (χ0) is 25.5. The minimum atomic E-state index is -1.18. The van der Waals surface area contributed by atoms with Gasteiger partial charge < -0.3 is 19.5 Å². The van der Waals surface area contributed by atoms with Crippen molar-refractivity contribution in [2.24, 2.45) is 0 Å². The number of carbonyl (C=O) groups is 2. The fourth-order valence-electron chi connectivity index (χ4n) is 4.03. The van der Waals surface area contributed by atoms with Crippen LogP contribution in [0.4, 0.5) is 0 Å². The summed E-state index contributed by atoms with van der Waals surface area (Å²) in [6, 6.07) is 13.6. The number of rotatable bonds is 17. The summed E-state index contributed by atoms with van der Waals surface area (Å²) in [7, 11) is 0. The molecule has 0 saturated heterocycles. The maximum atomic E-state index is 13.0. The van der Waals surface area contributed by atoms with E-state index in [0.717, 1.165) is 51.4 Å². The second-order valence-corrected chi connectivity index (χ2v) is 8.65. The molecule has 2 rings (SSSR count). The van der Waals surface area contributed by atoms with Gasteiger partial charge in [0.15, 0.2) is 11.5 Å². The zero-order valence-electron chi connectivity index (χ0n) is 21.6. The van der Waals surface area contributed by atoms with Crippen LogP contribution in [0.5, 0.6) is 11.5 Å². The molecule has 0 fully saturated rings. The molecule has 0 saturated carbocycles. The largest absolute Gasteiger partial charge is 0.490 e. The number of benzene rings is 2. The van der Waals surface area contributed by atoms with E-state index in [1.807, 2.05) is 19.9 Å². The number of amides is 1. The third-order valence-corrected chi connectivity index (χ3v) is 6.07. The lowest BCUT2D eigenvalue weighted by Crippen LogP contribution is -2.32. The first kappa shape index (κ1) is 28.2. The van der Waals surface area contributed by atoms with Crippen LogP contribution >= 0.6 is 0 Å². The lowest BCUT2D eigenvalue weighted by molar-refractivity contribution is 0.0671.